The predicted molar refractivity (Wildman–Crippen MR) is 91.1 cm³/mol. The number of ether oxygens (including phenoxy) is 1. The molecule has 2 N–H and O–H groups in total. The SMILES string of the molecule is COc1c(N(CCC(C)C)CCC(C)C)sc(C#N)c1N. The number of nitrogen functional groups attached to an aromatic ring is 1. The molecule has 0 saturated heterocycles. The first-order chi connectivity index (χ1) is 9.90. The first-order valence-electron chi connectivity index (χ1n) is 7.51. The molecule has 1 rings (SSSR count). The second-order valence-electron chi connectivity index (χ2n) is 6.15. The molecule has 0 radical (unpaired) electrons. The molecule has 0 aliphatic rings. The van der Waals surface area contributed by atoms with Crippen molar-refractivity contribution in [3.63, 3.8) is 0 Å². The van der Waals surface area contributed by atoms with Crippen molar-refractivity contribution < 1.29 is 4.74 Å². The summed E-state index contributed by atoms with van der Waals surface area (Å²) in [6.07, 6.45) is 2.22. The van der Waals surface area contributed by atoms with Crippen LogP contribution in [-0.2, 0) is 0 Å². The van der Waals surface area contributed by atoms with E-state index in [2.05, 4.69) is 38.7 Å². The summed E-state index contributed by atoms with van der Waals surface area (Å²) >= 11 is 1.44. The molecule has 0 spiro atoms. The average Bonchev–Trinajstić information content (AvgIpc) is 2.74. The Morgan fingerprint density at radius 1 is 1.19 bits per heavy atom. The normalized spacial score (nSPS) is 11.0. The predicted octanol–water partition coefficient (Wildman–Crippen LogP) is 4.11. The van der Waals surface area contributed by atoms with Crippen LogP contribution in [-0.4, -0.2) is 20.2 Å². The molecule has 0 aliphatic heterocycles. The van der Waals surface area contributed by atoms with Crippen LogP contribution in [0.5, 0.6) is 5.75 Å². The Labute approximate surface area is 132 Å². The van der Waals surface area contributed by atoms with Gasteiger partial charge in [0.2, 0.25) is 0 Å². The number of hydrogen-bond donors (Lipinski definition) is 1. The molecular weight excluding hydrogens is 282 g/mol. The average molecular weight is 309 g/mol. The van der Waals surface area contributed by atoms with Crippen molar-refractivity contribution in [1.29, 1.82) is 5.26 Å². The zero-order chi connectivity index (χ0) is 16.0. The Morgan fingerprint density at radius 2 is 1.71 bits per heavy atom. The minimum atomic E-state index is 0.471. The van der Waals surface area contributed by atoms with Crippen LogP contribution < -0.4 is 15.4 Å². The highest BCUT2D eigenvalue weighted by Gasteiger charge is 2.21. The zero-order valence-corrected chi connectivity index (χ0v) is 14.6. The van der Waals surface area contributed by atoms with Gasteiger partial charge in [0.05, 0.1) is 7.11 Å². The van der Waals surface area contributed by atoms with Gasteiger partial charge in [0.25, 0.3) is 0 Å². The van der Waals surface area contributed by atoms with Crippen LogP contribution in [0.15, 0.2) is 0 Å². The second kappa shape index (κ2) is 8.14. The molecule has 0 amide bonds. The maximum absolute atomic E-state index is 9.18. The summed E-state index contributed by atoms with van der Waals surface area (Å²) in [6, 6.07) is 2.16. The number of rotatable bonds is 8. The van der Waals surface area contributed by atoms with E-state index in [9.17, 15) is 5.26 Å². The van der Waals surface area contributed by atoms with E-state index in [-0.39, 0.29) is 0 Å². The lowest BCUT2D eigenvalue weighted by Crippen LogP contribution is -2.27. The van der Waals surface area contributed by atoms with E-state index in [0.29, 0.717) is 28.1 Å². The summed E-state index contributed by atoms with van der Waals surface area (Å²) < 4.78 is 5.45. The molecule has 1 aromatic heterocycles. The van der Waals surface area contributed by atoms with Crippen molar-refractivity contribution in [3.8, 4) is 11.8 Å². The highest BCUT2D eigenvalue weighted by molar-refractivity contribution is 7.17. The van der Waals surface area contributed by atoms with Crippen molar-refractivity contribution in [2.45, 2.75) is 40.5 Å². The highest BCUT2D eigenvalue weighted by Crippen LogP contribution is 2.44. The molecule has 0 aromatic carbocycles. The van der Waals surface area contributed by atoms with Gasteiger partial charge < -0.3 is 15.4 Å². The maximum atomic E-state index is 9.18. The summed E-state index contributed by atoms with van der Waals surface area (Å²) in [4.78, 5) is 2.86. The molecular formula is C16H27N3OS. The highest BCUT2D eigenvalue weighted by atomic mass is 32.1. The topological polar surface area (TPSA) is 62.3 Å². The lowest BCUT2D eigenvalue weighted by atomic mass is 10.1. The quantitative estimate of drug-likeness (QED) is 0.785. The van der Waals surface area contributed by atoms with E-state index in [1.165, 1.54) is 11.3 Å². The lowest BCUT2D eigenvalue weighted by Gasteiger charge is -2.25. The van der Waals surface area contributed by atoms with Crippen molar-refractivity contribution in [2.75, 3.05) is 30.8 Å². The van der Waals surface area contributed by atoms with Crippen LogP contribution >= 0.6 is 11.3 Å². The number of nitriles is 1. The van der Waals surface area contributed by atoms with Gasteiger partial charge in [-0.1, -0.05) is 27.7 Å². The van der Waals surface area contributed by atoms with Crippen molar-refractivity contribution >= 4 is 22.0 Å². The van der Waals surface area contributed by atoms with E-state index in [4.69, 9.17) is 10.5 Å². The molecule has 0 bridgehead atoms. The largest absolute Gasteiger partial charge is 0.492 e. The fourth-order valence-corrected chi connectivity index (χ4v) is 3.09. The molecule has 21 heavy (non-hydrogen) atoms. The minimum Gasteiger partial charge on any atom is -0.492 e. The van der Waals surface area contributed by atoms with Crippen LogP contribution in [0.3, 0.4) is 0 Å². The van der Waals surface area contributed by atoms with Gasteiger partial charge in [-0.05, 0) is 24.7 Å². The molecule has 0 aliphatic carbocycles. The summed E-state index contributed by atoms with van der Waals surface area (Å²) in [5.74, 6) is 1.94. The van der Waals surface area contributed by atoms with Crippen molar-refractivity contribution in [2.24, 2.45) is 11.8 Å². The van der Waals surface area contributed by atoms with E-state index < -0.39 is 0 Å². The van der Waals surface area contributed by atoms with Gasteiger partial charge in [-0.15, -0.1) is 11.3 Å². The van der Waals surface area contributed by atoms with Gasteiger partial charge in [-0.2, -0.15) is 5.26 Å². The Bertz CT molecular complexity index is 476. The molecule has 4 nitrogen and oxygen atoms in total. The van der Waals surface area contributed by atoms with E-state index in [1.807, 2.05) is 0 Å². The number of hydrogen-bond acceptors (Lipinski definition) is 5. The second-order valence-corrected chi connectivity index (χ2v) is 7.15. The number of methoxy groups -OCH3 is 1. The van der Waals surface area contributed by atoms with Crippen LogP contribution in [0.4, 0.5) is 10.7 Å². The van der Waals surface area contributed by atoms with Gasteiger partial charge >= 0.3 is 0 Å². The Hall–Kier alpha value is -1.41. The lowest BCUT2D eigenvalue weighted by molar-refractivity contribution is 0.417. The van der Waals surface area contributed by atoms with Crippen LogP contribution in [0.1, 0.15) is 45.4 Å². The van der Waals surface area contributed by atoms with E-state index in [0.717, 1.165) is 30.9 Å². The fourth-order valence-electron chi connectivity index (χ4n) is 2.05. The molecule has 1 heterocycles. The summed E-state index contributed by atoms with van der Waals surface area (Å²) in [7, 11) is 1.62. The Kier molecular flexibility index (Phi) is 6.83. The van der Waals surface area contributed by atoms with Crippen molar-refractivity contribution in [3.05, 3.63) is 4.88 Å². The molecule has 118 valence electrons. The third-order valence-electron chi connectivity index (χ3n) is 3.43. The summed E-state index contributed by atoms with van der Waals surface area (Å²) in [5.41, 5.74) is 6.48. The number of nitrogens with two attached hydrogens (primary N) is 1. The number of nitrogens with zero attached hydrogens (tertiary/aromatic N) is 2. The molecule has 0 fully saturated rings. The first kappa shape index (κ1) is 17.6. The smallest absolute Gasteiger partial charge is 0.177 e. The third-order valence-corrected chi connectivity index (χ3v) is 4.58. The first-order valence-corrected chi connectivity index (χ1v) is 8.33. The molecule has 0 atom stereocenters. The molecule has 1 aromatic rings. The van der Waals surface area contributed by atoms with Gasteiger partial charge in [-0.3, -0.25) is 0 Å². The molecule has 5 heteroatoms. The molecule has 0 unspecified atom stereocenters. The van der Waals surface area contributed by atoms with E-state index in [1.54, 1.807) is 7.11 Å². The summed E-state index contributed by atoms with van der Waals surface area (Å²) in [6.45, 7) is 10.8. The zero-order valence-electron chi connectivity index (χ0n) is 13.8. The van der Waals surface area contributed by atoms with Gasteiger partial charge in [0, 0.05) is 13.1 Å². The van der Waals surface area contributed by atoms with Gasteiger partial charge in [-0.25, -0.2) is 0 Å². The molecule has 0 saturated carbocycles. The summed E-state index contributed by atoms with van der Waals surface area (Å²) in [5, 5.41) is 10.2. The maximum Gasteiger partial charge on any atom is 0.177 e. The number of thiophene rings is 1. The Morgan fingerprint density at radius 3 is 2.10 bits per heavy atom. The van der Waals surface area contributed by atoms with Crippen LogP contribution in [0.2, 0.25) is 0 Å². The fraction of sp³-hybridized carbons (Fsp3) is 0.688. The minimum absolute atomic E-state index is 0.471. The standard InChI is InChI=1S/C16H27N3OS/c1-11(2)6-8-19(9-7-12(3)4)16-15(20-5)14(18)13(10-17)21-16/h11-12H,6-9,18H2,1-5H3. The van der Waals surface area contributed by atoms with Gasteiger partial charge in [0.15, 0.2) is 5.75 Å². The Balaban J connectivity index is 3.03. The van der Waals surface area contributed by atoms with E-state index >= 15 is 0 Å². The van der Waals surface area contributed by atoms with Crippen molar-refractivity contribution in [1.82, 2.24) is 0 Å². The monoisotopic (exact) mass is 309 g/mol. The van der Waals surface area contributed by atoms with Crippen LogP contribution in [0.25, 0.3) is 0 Å². The number of anilines is 2. The van der Waals surface area contributed by atoms with Crippen LogP contribution in [0, 0.1) is 23.2 Å². The third kappa shape index (κ3) is 4.82. The van der Waals surface area contributed by atoms with Gasteiger partial charge in [0.1, 0.15) is 21.6 Å².